The molecule has 4 aromatic rings. The molecule has 4 rings (SSSR count). The topological polar surface area (TPSA) is 120 Å². The number of carbonyl (C=O) groups is 1. The third kappa shape index (κ3) is 3.87. The molecule has 0 saturated heterocycles. The lowest BCUT2D eigenvalue weighted by Crippen LogP contribution is -2.12. The van der Waals surface area contributed by atoms with Gasteiger partial charge in [-0.2, -0.15) is 13.2 Å². The predicted octanol–water partition coefficient (Wildman–Crippen LogP) is 4.19. The van der Waals surface area contributed by atoms with Crippen LogP contribution in [0.2, 0.25) is 0 Å². The maximum atomic E-state index is 13.1. The van der Waals surface area contributed by atoms with E-state index in [0.29, 0.717) is 26.5 Å². The molecule has 0 fully saturated rings. The number of nitrogens with two attached hydrogens (primary N) is 2. The summed E-state index contributed by atoms with van der Waals surface area (Å²) in [6, 6.07) is 8.88. The summed E-state index contributed by atoms with van der Waals surface area (Å²) in [4.78, 5) is 24.2. The minimum atomic E-state index is -4.60. The molecule has 0 aliphatic carbocycles. The number of alkyl halides is 3. The Bertz CT molecular complexity index is 1270. The molecule has 0 radical (unpaired) electrons. The lowest BCUT2D eigenvalue weighted by atomic mass is 10.1. The molecule has 0 spiro atoms. The van der Waals surface area contributed by atoms with Crippen LogP contribution in [0.4, 0.5) is 29.9 Å². The van der Waals surface area contributed by atoms with Crippen molar-refractivity contribution < 1.29 is 18.0 Å². The highest BCUT2D eigenvalue weighted by Gasteiger charge is 2.34. The minimum absolute atomic E-state index is 0.215. The number of hydrogen-bond acceptors (Lipinski definition) is 7. The average Bonchev–Trinajstić information content (AvgIpc) is 3.08. The van der Waals surface area contributed by atoms with Crippen LogP contribution in [-0.4, -0.2) is 20.9 Å². The predicted molar refractivity (Wildman–Crippen MR) is 109 cm³/mol. The second kappa shape index (κ2) is 7.26. The Kier molecular flexibility index (Phi) is 4.74. The van der Waals surface area contributed by atoms with Crippen molar-refractivity contribution in [2.45, 2.75) is 6.18 Å². The number of nitrogen functional groups attached to an aromatic ring is 2. The monoisotopic (exact) mass is 430 g/mol. The summed E-state index contributed by atoms with van der Waals surface area (Å²) >= 11 is 1.19. The molecule has 152 valence electrons. The highest BCUT2D eigenvalue weighted by Crippen LogP contribution is 2.36. The van der Waals surface area contributed by atoms with E-state index in [0.717, 1.165) is 6.07 Å². The summed E-state index contributed by atoms with van der Waals surface area (Å²) < 4.78 is 40.0. The number of benzene rings is 1. The molecular formula is C19H13F3N6OS. The molecule has 3 aromatic heterocycles. The van der Waals surface area contributed by atoms with Crippen molar-refractivity contribution in [3.8, 4) is 11.1 Å². The van der Waals surface area contributed by atoms with E-state index in [4.69, 9.17) is 11.5 Å². The minimum Gasteiger partial charge on any atom is -0.384 e. The number of carbonyl (C=O) groups excluding carboxylic acids is 1. The van der Waals surface area contributed by atoms with Gasteiger partial charge in [0.2, 0.25) is 0 Å². The Balaban J connectivity index is 1.64. The Morgan fingerprint density at radius 3 is 2.57 bits per heavy atom. The molecule has 11 heteroatoms. The van der Waals surface area contributed by atoms with Gasteiger partial charge in [-0.05, 0) is 35.9 Å². The molecule has 1 aromatic carbocycles. The summed E-state index contributed by atoms with van der Waals surface area (Å²) in [6.45, 7) is 0. The molecular weight excluding hydrogens is 417 g/mol. The number of nitrogens with zero attached hydrogens (tertiary/aromatic N) is 3. The van der Waals surface area contributed by atoms with Crippen molar-refractivity contribution >= 4 is 44.2 Å². The molecule has 3 heterocycles. The van der Waals surface area contributed by atoms with Gasteiger partial charge in [-0.25, -0.2) is 15.0 Å². The number of hydrogen-bond donors (Lipinski definition) is 3. The summed E-state index contributed by atoms with van der Waals surface area (Å²) in [5.74, 6) is -0.764. The third-order valence-corrected chi connectivity index (χ3v) is 5.14. The smallest absolute Gasteiger partial charge is 0.384 e. The van der Waals surface area contributed by atoms with Crippen LogP contribution < -0.4 is 16.8 Å². The normalized spacial score (nSPS) is 11.6. The molecule has 0 atom stereocenters. The Morgan fingerprint density at radius 1 is 1.03 bits per heavy atom. The lowest BCUT2D eigenvalue weighted by molar-refractivity contribution is -0.137. The summed E-state index contributed by atoms with van der Waals surface area (Å²) in [5, 5.41) is 3.02. The quantitative estimate of drug-likeness (QED) is 0.448. The maximum absolute atomic E-state index is 13.1. The number of pyridine rings is 2. The van der Waals surface area contributed by atoms with Gasteiger partial charge in [-0.15, -0.1) is 0 Å². The Labute approximate surface area is 171 Å². The summed E-state index contributed by atoms with van der Waals surface area (Å²) in [6.07, 6.45) is -1.90. The van der Waals surface area contributed by atoms with Crippen molar-refractivity contribution in [1.82, 2.24) is 15.0 Å². The first-order valence-corrected chi connectivity index (χ1v) is 9.29. The number of halogens is 3. The van der Waals surface area contributed by atoms with Gasteiger partial charge in [-0.1, -0.05) is 17.4 Å². The molecule has 0 saturated carbocycles. The van der Waals surface area contributed by atoms with Crippen LogP contribution in [-0.2, 0) is 6.18 Å². The fourth-order valence-electron chi connectivity index (χ4n) is 2.78. The van der Waals surface area contributed by atoms with Gasteiger partial charge in [0.05, 0.1) is 15.8 Å². The molecule has 0 aliphatic heterocycles. The van der Waals surface area contributed by atoms with Crippen LogP contribution in [0, 0.1) is 0 Å². The van der Waals surface area contributed by atoms with Crippen molar-refractivity contribution in [2.24, 2.45) is 0 Å². The van der Waals surface area contributed by atoms with E-state index in [-0.39, 0.29) is 11.4 Å². The fraction of sp³-hybridized carbons (Fsp3) is 0.0526. The largest absolute Gasteiger partial charge is 0.419 e. The molecule has 1 amide bonds. The second-order valence-electron chi connectivity index (χ2n) is 6.28. The van der Waals surface area contributed by atoms with Crippen molar-refractivity contribution in [3.63, 3.8) is 0 Å². The molecule has 7 nitrogen and oxygen atoms in total. The van der Waals surface area contributed by atoms with Crippen LogP contribution >= 0.6 is 11.3 Å². The van der Waals surface area contributed by atoms with E-state index in [1.54, 1.807) is 18.2 Å². The number of nitrogens with one attached hydrogen (secondary N) is 1. The summed E-state index contributed by atoms with van der Waals surface area (Å²) in [5.41, 5.74) is 11.7. The van der Waals surface area contributed by atoms with E-state index in [2.05, 4.69) is 20.3 Å². The molecule has 0 unspecified atom stereocenters. The van der Waals surface area contributed by atoms with E-state index in [1.807, 2.05) is 0 Å². The third-order valence-electron chi connectivity index (χ3n) is 4.21. The van der Waals surface area contributed by atoms with Crippen LogP contribution in [0.3, 0.4) is 0 Å². The Hall–Kier alpha value is -3.73. The van der Waals surface area contributed by atoms with Crippen LogP contribution in [0.5, 0.6) is 0 Å². The van der Waals surface area contributed by atoms with Gasteiger partial charge in [0.1, 0.15) is 11.6 Å². The van der Waals surface area contributed by atoms with Crippen LogP contribution in [0.1, 0.15) is 15.9 Å². The van der Waals surface area contributed by atoms with Crippen LogP contribution in [0.25, 0.3) is 21.3 Å². The Morgan fingerprint density at radius 2 is 1.83 bits per heavy atom. The lowest BCUT2D eigenvalue weighted by Gasteiger charge is -2.11. The molecule has 5 N–H and O–H groups in total. The first-order chi connectivity index (χ1) is 14.2. The van der Waals surface area contributed by atoms with Crippen LogP contribution in [0.15, 0.2) is 48.8 Å². The summed E-state index contributed by atoms with van der Waals surface area (Å²) in [7, 11) is 0. The second-order valence-corrected chi connectivity index (χ2v) is 7.31. The van der Waals surface area contributed by atoms with Gasteiger partial charge < -0.3 is 11.5 Å². The molecule has 0 bridgehead atoms. The average molecular weight is 430 g/mol. The van der Waals surface area contributed by atoms with Gasteiger partial charge >= 0.3 is 6.18 Å². The molecule has 0 aliphatic rings. The van der Waals surface area contributed by atoms with E-state index in [1.165, 1.54) is 35.9 Å². The number of rotatable bonds is 3. The van der Waals surface area contributed by atoms with E-state index >= 15 is 0 Å². The van der Waals surface area contributed by atoms with Gasteiger partial charge in [0.25, 0.3) is 5.91 Å². The van der Waals surface area contributed by atoms with Gasteiger partial charge in [0.15, 0.2) is 5.13 Å². The maximum Gasteiger partial charge on any atom is 0.419 e. The van der Waals surface area contributed by atoms with E-state index in [9.17, 15) is 18.0 Å². The van der Waals surface area contributed by atoms with Gasteiger partial charge in [0, 0.05) is 23.5 Å². The SMILES string of the molecule is Nc1cc(C(=O)Nc2nc3ccc(-c4cnc(N)c(C(F)(F)F)c4)cc3s2)ccn1. The number of amides is 1. The number of anilines is 3. The number of fused-ring (bicyclic) bond motifs is 1. The molecule has 30 heavy (non-hydrogen) atoms. The number of thiazole rings is 1. The highest BCUT2D eigenvalue weighted by molar-refractivity contribution is 7.22. The number of aromatic nitrogens is 3. The standard InChI is InChI=1S/C19H13F3N6OS/c20-19(21,22)12-5-11(8-26-16(12)24)9-1-2-13-14(6-9)30-18(27-13)28-17(29)10-3-4-25-15(23)7-10/h1-8H,(H2,23,25)(H2,24,26)(H,27,28,29). The first kappa shape index (κ1) is 19.6. The van der Waals surface area contributed by atoms with Crippen molar-refractivity contribution in [2.75, 3.05) is 16.8 Å². The van der Waals surface area contributed by atoms with E-state index < -0.39 is 23.5 Å². The van der Waals surface area contributed by atoms with Crippen molar-refractivity contribution in [1.29, 1.82) is 0 Å². The van der Waals surface area contributed by atoms with Gasteiger partial charge in [-0.3, -0.25) is 10.1 Å². The zero-order valence-corrected chi connectivity index (χ0v) is 15.9. The van der Waals surface area contributed by atoms with Crippen molar-refractivity contribution in [3.05, 3.63) is 59.9 Å². The first-order valence-electron chi connectivity index (χ1n) is 8.47. The fourth-order valence-corrected chi connectivity index (χ4v) is 3.68. The zero-order valence-electron chi connectivity index (χ0n) is 15.1. The highest BCUT2D eigenvalue weighted by atomic mass is 32.1. The zero-order chi connectivity index (χ0) is 21.5.